The Morgan fingerprint density at radius 2 is 1.77 bits per heavy atom. The Labute approximate surface area is 372 Å². The van der Waals surface area contributed by atoms with E-state index in [0.717, 1.165) is 81.3 Å². The third-order valence-corrected chi connectivity index (χ3v) is 9.75. The lowest BCUT2D eigenvalue weighted by Crippen LogP contribution is -2.31. The van der Waals surface area contributed by atoms with Crippen molar-refractivity contribution in [1.29, 1.82) is 0 Å². The third kappa shape index (κ3) is 10.4. The number of halogens is 4. The number of allylic oxidation sites excluding steroid dienone is 1. The van der Waals surface area contributed by atoms with Gasteiger partial charge in [-0.2, -0.15) is 0 Å². The lowest BCUT2D eigenvalue weighted by atomic mass is 9.91. The normalized spacial score (nSPS) is 14.2. The topological polar surface area (TPSA) is 135 Å². The third-order valence-electron chi connectivity index (χ3n) is 9.52. The highest BCUT2D eigenvalue weighted by molar-refractivity contribution is 14.3. The number of fused-ring (bicyclic) bond motifs is 7. The summed E-state index contributed by atoms with van der Waals surface area (Å²) in [4.78, 5) is 28.7. The molecule has 5 N–H and O–H groups in total. The quantitative estimate of drug-likeness (QED) is 0.100. The molecule has 4 aromatic heterocycles. The summed E-state index contributed by atoms with van der Waals surface area (Å²) in [6.45, 7) is 5.48. The summed E-state index contributed by atoms with van der Waals surface area (Å²) in [7, 11) is 0. The number of hydrogen-bond donors (Lipinski definition) is 4. The molecule has 13 heteroatoms. The lowest BCUT2D eigenvalue weighted by Gasteiger charge is -2.23. The number of aliphatic hydroxyl groups excluding tert-OH is 1. The van der Waals surface area contributed by atoms with Crippen LogP contribution in [0.15, 0.2) is 104 Å². The molecule has 7 aromatic rings. The van der Waals surface area contributed by atoms with Crippen molar-refractivity contribution in [3.8, 4) is 0 Å². The number of aryl methyl sites for hydroxylation is 1. The fraction of sp³-hybridized carbons (Fsp3) is 0.256. The number of rotatable bonds is 5. The van der Waals surface area contributed by atoms with Crippen LogP contribution in [0.3, 0.4) is 0 Å². The Hall–Kier alpha value is -3.32. The number of carbonyl (C=O) groups is 1. The number of pyridine rings is 2. The molecule has 3 aromatic carbocycles. The number of hydrogen-bond acceptors (Lipinski definition) is 6. The van der Waals surface area contributed by atoms with E-state index < -0.39 is 0 Å². The predicted molar refractivity (Wildman–Crippen MR) is 256 cm³/mol. The van der Waals surface area contributed by atoms with Crippen molar-refractivity contribution in [2.45, 2.75) is 52.1 Å². The molecule has 0 aliphatic heterocycles. The molecule has 0 unspecified atom stereocenters. The van der Waals surface area contributed by atoms with Gasteiger partial charge in [-0.15, -0.1) is 0 Å². The summed E-state index contributed by atoms with van der Waals surface area (Å²) in [5, 5.41) is 15.0. The number of nitrogens with zero attached hydrogens (tertiary/aromatic N) is 4. The van der Waals surface area contributed by atoms with Crippen LogP contribution in [0.5, 0.6) is 0 Å². The summed E-state index contributed by atoms with van der Waals surface area (Å²) < 4.78 is 2.91. The van der Waals surface area contributed by atoms with Gasteiger partial charge in [0, 0.05) is 39.7 Å². The van der Waals surface area contributed by atoms with Crippen LogP contribution in [-0.2, 0) is 19.4 Å². The molecule has 56 heavy (non-hydrogen) atoms. The molecule has 0 radical (unpaired) electrons. The fourth-order valence-electron chi connectivity index (χ4n) is 7.15. The van der Waals surface area contributed by atoms with Gasteiger partial charge in [0.15, 0.2) is 5.82 Å². The molecule has 9 rings (SSSR count). The zero-order valence-electron chi connectivity index (χ0n) is 31.0. The number of aromatic amines is 1. The van der Waals surface area contributed by atoms with Crippen LogP contribution in [-0.4, -0.2) is 42.1 Å². The average molecular weight is 1110 g/mol. The second kappa shape index (κ2) is 19.9. The van der Waals surface area contributed by atoms with E-state index in [2.05, 4.69) is 136 Å². The SMILES string of the molecule is CC(C)Cn1cnc2c(N)nc3ccccc3c21.IC(I)I.O=C(N[C@@H]1CCCc2c1[nH]c1ccc(Cl)cc21)c1ccccn1.OCC1=CCc2ccccc21. The van der Waals surface area contributed by atoms with Crippen molar-refractivity contribution < 1.29 is 9.90 Å². The maximum absolute atomic E-state index is 12.4. The highest BCUT2D eigenvalue weighted by Crippen LogP contribution is 2.36. The maximum Gasteiger partial charge on any atom is 0.270 e. The largest absolute Gasteiger partial charge is 0.392 e. The first kappa shape index (κ1) is 42.3. The molecule has 0 fully saturated rings. The van der Waals surface area contributed by atoms with Gasteiger partial charge < -0.3 is 25.7 Å². The molecule has 1 atom stereocenters. The molecule has 2 aliphatic carbocycles. The second-order valence-corrected chi connectivity index (χ2v) is 25.2. The molecule has 0 bridgehead atoms. The van der Waals surface area contributed by atoms with Gasteiger partial charge in [-0.1, -0.05) is 148 Å². The molecular formula is C43H43ClI3N7O2. The van der Waals surface area contributed by atoms with Crippen molar-refractivity contribution in [3.05, 3.63) is 137 Å². The molecule has 0 spiro atoms. The van der Waals surface area contributed by atoms with Gasteiger partial charge >= 0.3 is 0 Å². The summed E-state index contributed by atoms with van der Waals surface area (Å²) >= 11 is 13.1. The van der Waals surface area contributed by atoms with E-state index in [1.807, 2.05) is 60.9 Å². The summed E-state index contributed by atoms with van der Waals surface area (Å²) in [6.07, 6.45) is 9.52. The molecule has 0 saturated heterocycles. The number of amides is 1. The van der Waals surface area contributed by atoms with Crippen LogP contribution in [0.1, 0.15) is 65.6 Å². The smallest absolute Gasteiger partial charge is 0.270 e. The lowest BCUT2D eigenvalue weighted by molar-refractivity contribution is 0.0927. The number of anilines is 1. The number of benzene rings is 3. The highest BCUT2D eigenvalue weighted by atomic mass is 127. The summed E-state index contributed by atoms with van der Waals surface area (Å²) in [6, 6.07) is 27.5. The minimum atomic E-state index is -0.139. The number of nitrogens with two attached hydrogens (primary N) is 1. The van der Waals surface area contributed by atoms with Crippen molar-refractivity contribution in [3.63, 3.8) is 0 Å². The van der Waals surface area contributed by atoms with Gasteiger partial charge in [-0.05, 0) is 90.3 Å². The Morgan fingerprint density at radius 3 is 2.52 bits per heavy atom. The first-order valence-corrected chi connectivity index (χ1v) is 22.5. The van der Waals surface area contributed by atoms with E-state index in [9.17, 15) is 4.79 Å². The van der Waals surface area contributed by atoms with Crippen molar-refractivity contribution in [1.82, 2.24) is 29.8 Å². The first-order chi connectivity index (χ1) is 27.0. The molecule has 9 nitrogen and oxygen atoms in total. The monoisotopic (exact) mass is 1110 g/mol. The van der Waals surface area contributed by atoms with E-state index in [-0.39, 0.29) is 18.6 Å². The van der Waals surface area contributed by atoms with Gasteiger partial charge in [0.05, 0.1) is 30.0 Å². The van der Waals surface area contributed by atoms with E-state index in [1.54, 1.807) is 18.3 Å². The number of para-hydroxylation sites is 1. The van der Waals surface area contributed by atoms with Gasteiger partial charge in [0.1, 0.15) is 11.1 Å². The number of alkyl halides is 3. The number of imidazole rings is 1. The van der Waals surface area contributed by atoms with Crippen LogP contribution in [0.4, 0.5) is 5.82 Å². The van der Waals surface area contributed by atoms with Gasteiger partial charge in [-0.3, -0.25) is 9.78 Å². The number of H-pyrrole nitrogens is 1. The molecular weight excluding hydrogens is 1060 g/mol. The average Bonchev–Trinajstić information content (AvgIpc) is 3.91. The van der Waals surface area contributed by atoms with E-state index in [1.165, 1.54) is 16.7 Å². The van der Waals surface area contributed by atoms with E-state index in [0.29, 0.717) is 17.4 Å². The minimum absolute atomic E-state index is 0.0144. The zero-order chi connectivity index (χ0) is 39.8. The van der Waals surface area contributed by atoms with Crippen LogP contribution in [0, 0.1) is 5.92 Å². The van der Waals surface area contributed by atoms with Crippen LogP contribution in [0.25, 0.3) is 38.4 Å². The van der Waals surface area contributed by atoms with Crippen molar-refractivity contribution in [2.24, 2.45) is 5.92 Å². The number of aromatic nitrogens is 5. The maximum atomic E-state index is 12.4. The molecule has 4 heterocycles. The fourth-order valence-corrected chi connectivity index (χ4v) is 7.32. The van der Waals surface area contributed by atoms with Crippen LogP contribution >= 0.6 is 79.4 Å². The zero-order valence-corrected chi connectivity index (χ0v) is 38.3. The number of carbonyl (C=O) groups excluding carboxylic acids is 1. The standard InChI is InChI=1S/C18H16ClN3O.C14H16N4.C10H10O.CHI3/c19-11-7-8-14-13(10-11)12-4-3-6-15(17(12)21-14)22-18(23)16-5-1-2-9-20-16;1-9(2)7-18-8-16-12-13(18)10-5-3-4-6-11(10)17-14(12)15;11-7-9-6-5-8-3-1-2-4-10(8)9;2-1(3)4/h1-2,5,7-10,15,21H,3-4,6H2,(H,22,23);3-6,8-9H,7H2,1-2H3,(H2,15,17);1-4,6,11H,5,7H2;1H/t15-;;;/m1.../s1. The van der Waals surface area contributed by atoms with Crippen LogP contribution in [0.2, 0.25) is 5.02 Å². The van der Waals surface area contributed by atoms with E-state index in [4.69, 9.17) is 22.4 Å². The highest BCUT2D eigenvalue weighted by Gasteiger charge is 2.26. The van der Waals surface area contributed by atoms with Crippen molar-refractivity contribution in [2.75, 3.05) is 12.3 Å². The summed E-state index contributed by atoms with van der Waals surface area (Å²) in [5.74, 6) is 0.932. The molecule has 290 valence electrons. The Bertz CT molecular complexity index is 2460. The molecule has 0 saturated carbocycles. The van der Waals surface area contributed by atoms with Crippen molar-refractivity contribution >= 4 is 130 Å². The van der Waals surface area contributed by atoms with Crippen LogP contribution < -0.4 is 11.1 Å². The minimum Gasteiger partial charge on any atom is -0.392 e. The number of nitrogens with one attached hydrogen (secondary N) is 2. The first-order valence-electron chi connectivity index (χ1n) is 18.3. The van der Waals surface area contributed by atoms with E-state index >= 15 is 0 Å². The van der Waals surface area contributed by atoms with Gasteiger partial charge in [0.2, 0.25) is 0 Å². The van der Waals surface area contributed by atoms with Gasteiger partial charge in [-0.25, -0.2) is 9.97 Å². The Morgan fingerprint density at radius 1 is 1.02 bits per heavy atom. The Balaban J connectivity index is 0.000000143. The Kier molecular flexibility index (Phi) is 15.0. The van der Waals surface area contributed by atoms with Gasteiger partial charge in [0.25, 0.3) is 5.91 Å². The molecule has 2 aliphatic rings. The number of nitrogen functional groups attached to an aromatic ring is 1. The molecule has 1 amide bonds. The number of aliphatic hydroxyl groups is 1. The summed E-state index contributed by atoms with van der Waals surface area (Å²) in [5.41, 5.74) is 16.3. The predicted octanol–water partition coefficient (Wildman–Crippen LogP) is 11.0. The second-order valence-electron chi connectivity index (χ2n) is 13.8.